The first-order valence-electron chi connectivity index (χ1n) is 6.63. The van der Waals surface area contributed by atoms with E-state index in [9.17, 15) is 13.2 Å². The molecule has 0 heterocycles. The van der Waals surface area contributed by atoms with E-state index in [1.807, 2.05) is 0 Å². The lowest BCUT2D eigenvalue weighted by Gasteiger charge is -2.26. The number of nitriles is 1. The highest BCUT2D eigenvalue weighted by atomic mass is 32.2. The van der Waals surface area contributed by atoms with Gasteiger partial charge in [-0.25, -0.2) is 0 Å². The zero-order valence-corrected chi connectivity index (χ0v) is 12.3. The third-order valence-electron chi connectivity index (χ3n) is 3.29. The molecule has 0 saturated heterocycles. The van der Waals surface area contributed by atoms with Crippen molar-refractivity contribution < 1.29 is 18.0 Å². The second-order valence-corrected chi connectivity index (χ2v) is 6.07. The quantitative estimate of drug-likeness (QED) is 0.547. The van der Waals surface area contributed by atoms with Crippen LogP contribution >= 0.6 is 11.8 Å². The zero-order valence-electron chi connectivity index (χ0n) is 11.4. The van der Waals surface area contributed by atoms with Crippen molar-refractivity contribution in [1.82, 2.24) is 0 Å². The van der Waals surface area contributed by atoms with Gasteiger partial charge in [0.25, 0.3) is 0 Å². The lowest BCUT2D eigenvalue weighted by atomic mass is 9.86. The fraction of sp³-hybridized carbons (Fsp3) is 0.846. The average Bonchev–Trinajstić information content (AvgIpc) is 2.39. The summed E-state index contributed by atoms with van der Waals surface area (Å²) < 4.78 is 36.1. The summed E-state index contributed by atoms with van der Waals surface area (Å²) in [7, 11) is 1.51. The Morgan fingerprint density at radius 3 is 2.60 bits per heavy atom. The molecule has 1 unspecified atom stereocenters. The molecular formula is C13H19F3N2OS. The fourth-order valence-electron chi connectivity index (χ4n) is 2.26. The molecule has 1 aliphatic carbocycles. The molecule has 0 bridgehead atoms. The Bertz CT molecular complexity index is 356. The summed E-state index contributed by atoms with van der Waals surface area (Å²) in [5.41, 5.74) is 1.00. The topological polar surface area (TPSA) is 45.4 Å². The molecule has 0 aliphatic heterocycles. The van der Waals surface area contributed by atoms with Crippen molar-refractivity contribution >= 4 is 17.5 Å². The second-order valence-electron chi connectivity index (χ2n) is 4.82. The summed E-state index contributed by atoms with van der Waals surface area (Å²) in [5.74, 6) is 0.625. The van der Waals surface area contributed by atoms with E-state index in [0.717, 1.165) is 31.4 Å². The molecule has 1 aliphatic rings. The minimum absolute atomic E-state index is 0.0788. The first kappa shape index (κ1) is 17.2. The van der Waals surface area contributed by atoms with Crippen LogP contribution in [-0.2, 0) is 4.84 Å². The van der Waals surface area contributed by atoms with Gasteiger partial charge in [0.05, 0.1) is 17.0 Å². The second kappa shape index (κ2) is 8.40. The van der Waals surface area contributed by atoms with Gasteiger partial charge in [-0.15, -0.1) is 11.8 Å². The molecule has 0 spiro atoms. The van der Waals surface area contributed by atoms with Crippen LogP contribution in [0.25, 0.3) is 0 Å². The Hall–Kier alpha value is -0.900. The summed E-state index contributed by atoms with van der Waals surface area (Å²) >= 11 is 1.35. The molecule has 114 valence electrons. The number of thioether (sulfide) groups is 1. The Morgan fingerprint density at radius 1 is 1.45 bits per heavy atom. The molecule has 20 heavy (non-hydrogen) atoms. The van der Waals surface area contributed by atoms with Gasteiger partial charge in [-0.2, -0.15) is 18.4 Å². The Morgan fingerprint density at radius 2 is 2.10 bits per heavy atom. The summed E-state index contributed by atoms with van der Waals surface area (Å²) in [4.78, 5) is 4.73. The normalized spacial score (nSPS) is 21.1. The number of nitrogens with zero attached hydrogens (tertiary/aromatic N) is 2. The monoisotopic (exact) mass is 308 g/mol. The predicted octanol–water partition coefficient (Wildman–Crippen LogP) is 4.15. The Kier molecular flexibility index (Phi) is 7.20. The van der Waals surface area contributed by atoms with E-state index >= 15 is 0 Å². The van der Waals surface area contributed by atoms with E-state index in [1.165, 1.54) is 18.9 Å². The van der Waals surface area contributed by atoms with Crippen LogP contribution in [0.1, 0.15) is 38.5 Å². The van der Waals surface area contributed by atoms with Crippen LogP contribution in [0, 0.1) is 17.2 Å². The molecule has 0 aromatic rings. The largest absolute Gasteiger partial charge is 0.399 e. The number of alkyl halides is 3. The third-order valence-corrected chi connectivity index (χ3v) is 4.66. The summed E-state index contributed by atoms with van der Waals surface area (Å²) in [6, 6.07) is 2.23. The van der Waals surface area contributed by atoms with Gasteiger partial charge >= 0.3 is 6.18 Å². The van der Waals surface area contributed by atoms with E-state index in [0.29, 0.717) is 5.75 Å². The lowest BCUT2D eigenvalue weighted by molar-refractivity contribution is -0.134. The molecule has 0 amide bonds. The highest BCUT2D eigenvalue weighted by molar-refractivity contribution is 8.00. The molecule has 1 rings (SSSR count). The third kappa shape index (κ3) is 6.51. The number of halogens is 3. The van der Waals surface area contributed by atoms with Crippen molar-refractivity contribution in [1.29, 1.82) is 5.26 Å². The minimum atomic E-state index is -4.10. The zero-order chi connectivity index (χ0) is 15.0. The Labute approximate surface area is 121 Å². The van der Waals surface area contributed by atoms with Gasteiger partial charge in [0.2, 0.25) is 0 Å². The van der Waals surface area contributed by atoms with Gasteiger partial charge in [-0.1, -0.05) is 5.16 Å². The van der Waals surface area contributed by atoms with Crippen LogP contribution < -0.4 is 0 Å². The van der Waals surface area contributed by atoms with Crippen LogP contribution in [0.2, 0.25) is 0 Å². The van der Waals surface area contributed by atoms with Crippen LogP contribution in [0.4, 0.5) is 13.2 Å². The van der Waals surface area contributed by atoms with Crippen molar-refractivity contribution in [3.63, 3.8) is 0 Å². The maximum absolute atomic E-state index is 12.0. The average molecular weight is 308 g/mol. The van der Waals surface area contributed by atoms with Crippen molar-refractivity contribution in [2.24, 2.45) is 11.1 Å². The summed E-state index contributed by atoms with van der Waals surface area (Å²) in [5, 5.41) is 12.9. The summed E-state index contributed by atoms with van der Waals surface area (Å²) in [6.07, 6.45) is -1.47. The maximum Gasteiger partial charge on any atom is 0.389 e. The maximum atomic E-state index is 12.0. The lowest BCUT2D eigenvalue weighted by Crippen LogP contribution is -2.23. The van der Waals surface area contributed by atoms with Gasteiger partial charge in [-0.3, -0.25) is 0 Å². The van der Waals surface area contributed by atoms with Gasteiger partial charge in [-0.05, 0) is 43.8 Å². The SMILES string of the molecule is CON=C1CCC(C(C#N)SCCCC(F)(F)F)CC1. The van der Waals surface area contributed by atoms with Crippen molar-refractivity contribution in [3.05, 3.63) is 0 Å². The van der Waals surface area contributed by atoms with Crippen molar-refractivity contribution in [3.8, 4) is 6.07 Å². The molecule has 1 fully saturated rings. The van der Waals surface area contributed by atoms with E-state index in [4.69, 9.17) is 10.1 Å². The molecule has 7 heteroatoms. The standard InChI is InChI=1S/C13H19F3N2OS/c1-19-18-11-5-3-10(4-6-11)12(9-17)20-8-2-7-13(14,15)16/h10,12H,2-8H2,1H3. The van der Waals surface area contributed by atoms with E-state index in [-0.39, 0.29) is 17.6 Å². The molecule has 3 nitrogen and oxygen atoms in total. The van der Waals surface area contributed by atoms with Crippen LogP contribution in [0.5, 0.6) is 0 Å². The van der Waals surface area contributed by atoms with Crippen LogP contribution in [0.3, 0.4) is 0 Å². The minimum Gasteiger partial charge on any atom is -0.399 e. The van der Waals surface area contributed by atoms with Gasteiger partial charge < -0.3 is 4.84 Å². The van der Waals surface area contributed by atoms with Crippen molar-refractivity contribution in [2.45, 2.75) is 50.0 Å². The number of hydrogen-bond acceptors (Lipinski definition) is 4. The van der Waals surface area contributed by atoms with Crippen LogP contribution in [-0.4, -0.2) is 30.0 Å². The molecular weight excluding hydrogens is 289 g/mol. The molecule has 1 atom stereocenters. The first-order valence-corrected chi connectivity index (χ1v) is 7.68. The van der Waals surface area contributed by atoms with E-state index < -0.39 is 12.6 Å². The fourth-order valence-corrected chi connectivity index (χ4v) is 3.44. The highest BCUT2D eigenvalue weighted by Crippen LogP contribution is 2.32. The molecule has 1 saturated carbocycles. The first-order chi connectivity index (χ1) is 9.46. The van der Waals surface area contributed by atoms with Gasteiger partial charge in [0, 0.05) is 6.42 Å². The number of rotatable bonds is 6. The van der Waals surface area contributed by atoms with E-state index in [1.54, 1.807) is 0 Å². The smallest absolute Gasteiger partial charge is 0.389 e. The van der Waals surface area contributed by atoms with Gasteiger partial charge in [0.1, 0.15) is 7.11 Å². The summed E-state index contributed by atoms with van der Waals surface area (Å²) in [6.45, 7) is 0. The molecule has 0 radical (unpaired) electrons. The Balaban J connectivity index is 2.30. The molecule has 0 N–H and O–H groups in total. The molecule has 0 aromatic carbocycles. The number of oxime groups is 1. The van der Waals surface area contributed by atoms with E-state index in [2.05, 4.69) is 11.2 Å². The number of hydrogen-bond donors (Lipinski definition) is 0. The van der Waals surface area contributed by atoms with Crippen LogP contribution in [0.15, 0.2) is 5.16 Å². The van der Waals surface area contributed by atoms with Crippen molar-refractivity contribution in [2.75, 3.05) is 12.9 Å². The molecule has 0 aromatic heterocycles. The van der Waals surface area contributed by atoms with Gasteiger partial charge in [0.15, 0.2) is 0 Å². The predicted molar refractivity (Wildman–Crippen MR) is 73.6 cm³/mol. The highest BCUT2D eigenvalue weighted by Gasteiger charge is 2.28.